The standard InChI is InChI=1S/C14H16BrN5O2S/c1-19(2)23(21,22)11-5-3-10(4-6-11)18-13-14-17-9-12(15)20(14)8-7-16-13/h3-8,12H,9H2,1-2H3,(H,16,18). The van der Waals surface area contributed by atoms with Crippen molar-refractivity contribution in [3.63, 3.8) is 0 Å². The molecule has 0 spiro atoms. The van der Waals surface area contributed by atoms with E-state index < -0.39 is 10.0 Å². The number of aliphatic imine (C=N–C) groups is 2. The van der Waals surface area contributed by atoms with Gasteiger partial charge in [0.05, 0.1) is 11.4 Å². The lowest BCUT2D eigenvalue weighted by Crippen LogP contribution is -2.38. The summed E-state index contributed by atoms with van der Waals surface area (Å²) in [6.07, 6.45) is 3.56. The fourth-order valence-corrected chi connectivity index (χ4v) is 3.59. The Morgan fingerprint density at radius 3 is 2.65 bits per heavy atom. The molecule has 23 heavy (non-hydrogen) atoms. The van der Waals surface area contributed by atoms with Crippen LogP contribution in [0.15, 0.2) is 51.5 Å². The monoisotopic (exact) mass is 397 g/mol. The van der Waals surface area contributed by atoms with Gasteiger partial charge in [-0.2, -0.15) is 0 Å². The second kappa shape index (κ2) is 6.06. The van der Waals surface area contributed by atoms with Crippen molar-refractivity contribution in [1.29, 1.82) is 0 Å². The SMILES string of the molecule is CN(C)S(=O)(=O)c1ccc(NC2=NC=CN3C2=NCC3Br)cc1. The van der Waals surface area contributed by atoms with Crippen LogP contribution in [0.4, 0.5) is 5.69 Å². The number of nitrogens with one attached hydrogen (secondary N) is 1. The van der Waals surface area contributed by atoms with Gasteiger partial charge in [0.1, 0.15) is 4.95 Å². The number of nitrogens with zero attached hydrogens (tertiary/aromatic N) is 4. The van der Waals surface area contributed by atoms with Crippen LogP contribution in [0.3, 0.4) is 0 Å². The molecule has 0 aromatic heterocycles. The van der Waals surface area contributed by atoms with Crippen molar-refractivity contribution in [2.24, 2.45) is 9.98 Å². The van der Waals surface area contributed by atoms with Crippen molar-refractivity contribution in [3.8, 4) is 0 Å². The number of alkyl halides is 1. The predicted octanol–water partition coefficient (Wildman–Crippen LogP) is 1.67. The van der Waals surface area contributed by atoms with E-state index in [2.05, 4.69) is 31.2 Å². The summed E-state index contributed by atoms with van der Waals surface area (Å²) in [6, 6.07) is 6.56. The Bertz CT molecular complexity index is 799. The molecule has 3 rings (SSSR count). The van der Waals surface area contributed by atoms with Gasteiger partial charge in [-0.05, 0) is 24.3 Å². The first-order valence-corrected chi connectivity index (χ1v) is 9.26. The van der Waals surface area contributed by atoms with Crippen LogP contribution in [0, 0.1) is 0 Å². The zero-order valence-corrected chi connectivity index (χ0v) is 15.0. The third-order valence-corrected chi connectivity index (χ3v) is 6.04. The average Bonchev–Trinajstić information content (AvgIpc) is 2.90. The summed E-state index contributed by atoms with van der Waals surface area (Å²) in [4.78, 5) is 11.1. The van der Waals surface area contributed by atoms with Gasteiger partial charge in [-0.1, -0.05) is 15.9 Å². The number of fused-ring (bicyclic) bond motifs is 1. The quantitative estimate of drug-likeness (QED) is 0.621. The highest BCUT2D eigenvalue weighted by atomic mass is 79.9. The summed E-state index contributed by atoms with van der Waals surface area (Å²) < 4.78 is 25.3. The first-order chi connectivity index (χ1) is 10.9. The van der Waals surface area contributed by atoms with Crippen molar-refractivity contribution in [2.75, 3.05) is 26.0 Å². The molecule has 1 atom stereocenters. The van der Waals surface area contributed by atoms with Crippen LogP contribution >= 0.6 is 15.9 Å². The minimum absolute atomic E-state index is 0.133. The number of anilines is 1. The number of rotatable bonds is 3. The van der Waals surface area contributed by atoms with Crippen LogP contribution in [-0.2, 0) is 10.0 Å². The largest absolute Gasteiger partial charge is 0.337 e. The lowest BCUT2D eigenvalue weighted by Gasteiger charge is -2.23. The molecular formula is C14H16BrN5O2S. The minimum atomic E-state index is -3.42. The van der Waals surface area contributed by atoms with Crippen molar-refractivity contribution in [3.05, 3.63) is 36.7 Å². The lowest BCUT2D eigenvalue weighted by molar-refractivity contribution is 0.521. The molecule has 122 valence electrons. The van der Waals surface area contributed by atoms with Crippen LogP contribution in [-0.4, -0.2) is 54.9 Å². The predicted molar refractivity (Wildman–Crippen MR) is 94.4 cm³/mol. The van der Waals surface area contributed by atoms with E-state index in [0.29, 0.717) is 12.4 Å². The second-order valence-corrected chi connectivity index (χ2v) is 8.43. The number of halogens is 1. The second-order valence-electron chi connectivity index (χ2n) is 5.22. The molecule has 0 aliphatic carbocycles. The summed E-state index contributed by atoms with van der Waals surface area (Å²) in [5.41, 5.74) is 0.748. The third-order valence-electron chi connectivity index (χ3n) is 3.48. The topological polar surface area (TPSA) is 77.4 Å². The van der Waals surface area contributed by atoms with Gasteiger partial charge in [0.2, 0.25) is 10.0 Å². The van der Waals surface area contributed by atoms with E-state index in [9.17, 15) is 8.42 Å². The van der Waals surface area contributed by atoms with E-state index in [1.807, 2.05) is 11.1 Å². The van der Waals surface area contributed by atoms with E-state index in [1.54, 1.807) is 30.5 Å². The average molecular weight is 398 g/mol. The molecule has 0 fully saturated rings. The van der Waals surface area contributed by atoms with Crippen molar-refractivity contribution < 1.29 is 8.42 Å². The van der Waals surface area contributed by atoms with Gasteiger partial charge in [0.25, 0.3) is 0 Å². The zero-order chi connectivity index (χ0) is 16.6. The van der Waals surface area contributed by atoms with Gasteiger partial charge >= 0.3 is 0 Å². The lowest BCUT2D eigenvalue weighted by atomic mass is 10.3. The van der Waals surface area contributed by atoms with Crippen molar-refractivity contribution >= 4 is 43.3 Å². The molecular weight excluding hydrogens is 382 g/mol. The molecule has 2 aliphatic heterocycles. The molecule has 1 N–H and O–H groups in total. The van der Waals surface area contributed by atoms with E-state index in [1.165, 1.54) is 18.4 Å². The molecule has 1 aromatic carbocycles. The van der Waals surface area contributed by atoms with Crippen molar-refractivity contribution in [2.45, 2.75) is 9.85 Å². The molecule has 1 aromatic rings. The first-order valence-electron chi connectivity index (χ1n) is 6.91. The van der Waals surface area contributed by atoms with Crippen LogP contribution in [0.25, 0.3) is 0 Å². The molecule has 1 unspecified atom stereocenters. The van der Waals surface area contributed by atoms with Gasteiger partial charge in [0.15, 0.2) is 11.7 Å². The summed E-state index contributed by atoms with van der Waals surface area (Å²) in [7, 11) is -0.406. The molecule has 0 saturated heterocycles. The van der Waals surface area contributed by atoms with Gasteiger partial charge in [-0.3, -0.25) is 4.99 Å². The maximum Gasteiger partial charge on any atom is 0.242 e. The number of amidine groups is 2. The van der Waals surface area contributed by atoms with Gasteiger partial charge in [-0.25, -0.2) is 17.7 Å². The summed E-state index contributed by atoms with van der Waals surface area (Å²) in [5.74, 6) is 1.40. The molecule has 0 bridgehead atoms. The molecule has 0 radical (unpaired) electrons. The minimum Gasteiger partial charge on any atom is -0.337 e. The highest BCUT2D eigenvalue weighted by molar-refractivity contribution is 9.09. The van der Waals surface area contributed by atoms with Crippen molar-refractivity contribution in [1.82, 2.24) is 9.21 Å². The summed E-state index contributed by atoms with van der Waals surface area (Å²) in [5, 5.41) is 3.18. The van der Waals surface area contributed by atoms with Crippen LogP contribution in [0.5, 0.6) is 0 Å². The molecule has 0 amide bonds. The Balaban J connectivity index is 1.80. The number of benzene rings is 1. The third kappa shape index (κ3) is 3.04. The Kier molecular flexibility index (Phi) is 4.26. The maximum absolute atomic E-state index is 12.1. The summed E-state index contributed by atoms with van der Waals surface area (Å²) in [6.45, 7) is 0.653. The summed E-state index contributed by atoms with van der Waals surface area (Å²) >= 11 is 3.54. The fraction of sp³-hybridized carbons (Fsp3) is 0.286. The fourth-order valence-electron chi connectivity index (χ4n) is 2.21. The van der Waals surface area contributed by atoms with Gasteiger partial charge < -0.3 is 10.2 Å². The van der Waals surface area contributed by atoms with Crippen LogP contribution in [0.2, 0.25) is 0 Å². The normalized spacial score (nSPS) is 20.3. The Labute approximate surface area is 143 Å². The zero-order valence-electron chi connectivity index (χ0n) is 12.6. The molecule has 9 heteroatoms. The van der Waals surface area contributed by atoms with E-state index in [-0.39, 0.29) is 9.85 Å². The van der Waals surface area contributed by atoms with E-state index in [0.717, 1.165) is 11.5 Å². The Morgan fingerprint density at radius 1 is 1.30 bits per heavy atom. The smallest absolute Gasteiger partial charge is 0.242 e. The Hall–Kier alpha value is -1.71. The maximum atomic E-state index is 12.1. The van der Waals surface area contributed by atoms with Gasteiger partial charge in [-0.15, -0.1) is 0 Å². The highest BCUT2D eigenvalue weighted by Gasteiger charge is 2.29. The highest BCUT2D eigenvalue weighted by Crippen LogP contribution is 2.22. The van der Waals surface area contributed by atoms with Gasteiger partial charge in [0, 0.05) is 32.2 Å². The molecule has 7 nitrogen and oxygen atoms in total. The van der Waals surface area contributed by atoms with E-state index in [4.69, 9.17) is 0 Å². The van der Waals surface area contributed by atoms with Crippen LogP contribution in [0.1, 0.15) is 0 Å². The number of hydrogen-bond acceptors (Lipinski definition) is 6. The Morgan fingerprint density at radius 2 is 2.00 bits per heavy atom. The number of hydrogen-bond donors (Lipinski definition) is 1. The first kappa shape index (κ1) is 16.2. The molecule has 0 saturated carbocycles. The molecule has 2 heterocycles. The number of sulfonamides is 1. The van der Waals surface area contributed by atoms with E-state index >= 15 is 0 Å². The van der Waals surface area contributed by atoms with Crippen LogP contribution < -0.4 is 5.32 Å². The molecule has 2 aliphatic rings.